The normalized spacial score (nSPS) is 12.4. The first kappa shape index (κ1) is 18.7. The average molecular weight is 380 g/mol. The van der Waals surface area contributed by atoms with Crippen LogP contribution in [0, 0.1) is 0 Å². The number of aromatic hydroxyl groups is 1. The van der Waals surface area contributed by atoms with Gasteiger partial charge in [-0.05, 0) is 17.0 Å². The standard InChI is InChI=1S/C22H29NOSi2/c1-25(2,3)23(26(4,5)6)20-16-18-14-10-11-15-19(18)22(24)21(20)17-12-8-7-9-13-17/h7-16,24H,1-6H3. The van der Waals surface area contributed by atoms with Crippen LogP contribution in [0.4, 0.5) is 5.69 Å². The highest BCUT2D eigenvalue weighted by Gasteiger charge is 2.36. The molecule has 136 valence electrons. The molecular formula is C22H29NOSi2. The van der Waals surface area contributed by atoms with Gasteiger partial charge in [-0.1, -0.05) is 93.9 Å². The molecular weight excluding hydrogens is 350 g/mol. The molecule has 0 aliphatic carbocycles. The highest BCUT2D eigenvalue weighted by molar-refractivity contribution is 6.99. The zero-order valence-electron chi connectivity index (χ0n) is 16.7. The van der Waals surface area contributed by atoms with Crippen molar-refractivity contribution in [3.05, 3.63) is 60.7 Å². The molecule has 0 spiro atoms. The lowest BCUT2D eigenvalue weighted by molar-refractivity contribution is 0.484. The van der Waals surface area contributed by atoms with E-state index in [4.69, 9.17) is 0 Å². The molecule has 0 radical (unpaired) electrons. The topological polar surface area (TPSA) is 23.5 Å². The van der Waals surface area contributed by atoms with E-state index in [1.165, 1.54) is 5.69 Å². The number of phenols is 1. The molecule has 0 unspecified atom stereocenters. The summed E-state index contributed by atoms with van der Waals surface area (Å²) in [7, 11) is -3.31. The van der Waals surface area contributed by atoms with Crippen LogP contribution >= 0.6 is 0 Å². The molecule has 0 bridgehead atoms. The molecule has 3 aromatic rings. The first-order chi connectivity index (χ1) is 12.1. The molecule has 2 nitrogen and oxygen atoms in total. The highest BCUT2D eigenvalue weighted by atomic mass is 28.4. The van der Waals surface area contributed by atoms with Crippen molar-refractivity contribution in [2.45, 2.75) is 39.3 Å². The summed E-state index contributed by atoms with van der Waals surface area (Å²) >= 11 is 0. The quantitative estimate of drug-likeness (QED) is 0.510. The van der Waals surface area contributed by atoms with Gasteiger partial charge in [0, 0.05) is 16.6 Å². The number of phenolic OH excluding ortho intramolecular Hbond substituents is 1. The third-order valence-electron chi connectivity index (χ3n) is 4.65. The first-order valence-electron chi connectivity index (χ1n) is 9.21. The fraction of sp³-hybridized carbons (Fsp3) is 0.273. The Labute approximate surface area is 159 Å². The zero-order chi connectivity index (χ0) is 19.1. The lowest BCUT2D eigenvalue weighted by Gasteiger charge is -2.47. The summed E-state index contributed by atoms with van der Waals surface area (Å²) in [5.41, 5.74) is 3.23. The molecule has 4 heteroatoms. The number of hydrogen-bond donors (Lipinski definition) is 1. The predicted octanol–water partition coefficient (Wildman–Crippen LogP) is 6.69. The van der Waals surface area contributed by atoms with Crippen LogP contribution in [0.3, 0.4) is 0 Å². The van der Waals surface area contributed by atoms with Crippen molar-refractivity contribution in [1.82, 2.24) is 0 Å². The summed E-state index contributed by atoms with van der Waals surface area (Å²) in [6.07, 6.45) is 0. The summed E-state index contributed by atoms with van der Waals surface area (Å²) < 4.78 is 2.69. The van der Waals surface area contributed by atoms with Gasteiger partial charge in [0.25, 0.3) is 0 Å². The minimum atomic E-state index is -1.65. The lowest BCUT2D eigenvalue weighted by atomic mass is 9.98. The van der Waals surface area contributed by atoms with Gasteiger partial charge in [-0.2, -0.15) is 0 Å². The second-order valence-corrected chi connectivity index (χ2v) is 18.9. The van der Waals surface area contributed by atoms with Gasteiger partial charge in [-0.25, -0.2) is 0 Å². The van der Waals surface area contributed by atoms with Gasteiger partial charge in [-0.15, -0.1) is 0 Å². The van der Waals surface area contributed by atoms with Crippen molar-refractivity contribution in [2.75, 3.05) is 4.23 Å². The summed E-state index contributed by atoms with van der Waals surface area (Å²) in [5, 5.41) is 13.3. The first-order valence-corrected chi connectivity index (χ1v) is 16.1. The Kier molecular flexibility index (Phi) is 4.75. The molecule has 0 heterocycles. The Morgan fingerprint density at radius 3 is 1.85 bits per heavy atom. The number of hydrogen-bond acceptors (Lipinski definition) is 2. The SMILES string of the molecule is C[Si](C)(C)N(c1cc2ccccc2c(O)c1-c1ccccc1)[Si](C)(C)C. The van der Waals surface area contributed by atoms with E-state index in [2.05, 4.69) is 67.8 Å². The van der Waals surface area contributed by atoms with Crippen molar-refractivity contribution < 1.29 is 5.11 Å². The second-order valence-electron chi connectivity index (χ2n) is 8.88. The third-order valence-corrected chi connectivity index (χ3v) is 11.8. The molecule has 3 rings (SSSR count). The fourth-order valence-corrected chi connectivity index (χ4v) is 14.0. The second kappa shape index (κ2) is 6.60. The Balaban J connectivity index is 2.43. The van der Waals surface area contributed by atoms with Crippen molar-refractivity contribution in [3.8, 4) is 16.9 Å². The maximum Gasteiger partial charge on any atom is 0.138 e. The summed E-state index contributed by atoms with van der Waals surface area (Å²) in [6, 6.07) is 20.7. The number of nitrogens with zero attached hydrogens (tertiary/aromatic N) is 1. The Morgan fingerprint density at radius 1 is 0.731 bits per heavy atom. The molecule has 0 saturated carbocycles. The minimum Gasteiger partial charge on any atom is -0.507 e. The van der Waals surface area contributed by atoms with Gasteiger partial charge in [0.2, 0.25) is 0 Å². The van der Waals surface area contributed by atoms with Gasteiger partial charge in [0.1, 0.15) is 22.2 Å². The molecule has 0 aliphatic rings. The third kappa shape index (κ3) is 3.44. The van der Waals surface area contributed by atoms with Crippen LogP contribution in [0.15, 0.2) is 60.7 Å². The van der Waals surface area contributed by atoms with E-state index in [9.17, 15) is 5.11 Å². The largest absolute Gasteiger partial charge is 0.507 e. The van der Waals surface area contributed by atoms with Crippen molar-refractivity contribution in [1.29, 1.82) is 0 Å². The van der Waals surface area contributed by atoms with E-state index in [1.807, 2.05) is 36.4 Å². The van der Waals surface area contributed by atoms with Gasteiger partial charge in [0.05, 0.1) is 0 Å². The molecule has 0 aromatic heterocycles. The predicted molar refractivity (Wildman–Crippen MR) is 120 cm³/mol. The summed E-state index contributed by atoms with van der Waals surface area (Å²) in [4.78, 5) is 0. The van der Waals surface area contributed by atoms with E-state index in [0.717, 1.165) is 21.9 Å². The Bertz CT molecular complexity index is 911. The van der Waals surface area contributed by atoms with Crippen molar-refractivity contribution >= 4 is 32.9 Å². The number of anilines is 1. The van der Waals surface area contributed by atoms with E-state index in [-0.39, 0.29) is 0 Å². The van der Waals surface area contributed by atoms with Crippen LogP contribution in [0.2, 0.25) is 39.3 Å². The molecule has 0 aliphatic heterocycles. The van der Waals surface area contributed by atoms with E-state index in [1.54, 1.807) is 0 Å². The van der Waals surface area contributed by atoms with Crippen LogP contribution in [-0.4, -0.2) is 21.6 Å². The van der Waals surface area contributed by atoms with Gasteiger partial charge in [-0.3, -0.25) is 0 Å². The fourth-order valence-electron chi connectivity index (χ4n) is 4.11. The summed E-state index contributed by atoms with van der Waals surface area (Å²) in [5.74, 6) is 0.394. The molecule has 0 saturated heterocycles. The highest BCUT2D eigenvalue weighted by Crippen LogP contribution is 2.46. The number of benzene rings is 3. The molecule has 0 fully saturated rings. The molecule has 0 atom stereocenters. The minimum absolute atomic E-state index is 0.394. The monoisotopic (exact) mass is 379 g/mol. The number of fused-ring (bicyclic) bond motifs is 1. The van der Waals surface area contributed by atoms with Crippen LogP contribution in [0.5, 0.6) is 5.75 Å². The summed E-state index contributed by atoms with van der Waals surface area (Å²) in [6.45, 7) is 14.4. The molecule has 1 N–H and O–H groups in total. The van der Waals surface area contributed by atoms with Crippen molar-refractivity contribution in [3.63, 3.8) is 0 Å². The van der Waals surface area contributed by atoms with Gasteiger partial charge < -0.3 is 9.34 Å². The van der Waals surface area contributed by atoms with Crippen LogP contribution in [-0.2, 0) is 0 Å². The maximum absolute atomic E-state index is 11.3. The maximum atomic E-state index is 11.3. The lowest BCUT2D eigenvalue weighted by Crippen LogP contribution is -2.59. The molecule has 26 heavy (non-hydrogen) atoms. The zero-order valence-corrected chi connectivity index (χ0v) is 18.7. The Morgan fingerprint density at radius 2 is 1.27 bits per heavy atom. The average Bonchev–Trinajstić information content (AvgIpc) is 2.53. The van der Waals surface area contributed by atoms with Gasteiger partial charge >= 0.3 is 0 Å². The van der Waals surface area contributed by atoms with Crippen LogP contribution in [0.25, 0.3) is 21.9 Å². The van der Waals surface area contributed by atoms with Gasteiger partial charge in [0.15, 0.2) is 0 Å². The molecule has 3 aromatic carbocycles. The smallest absolute Gasteiger partial charge is 0.138 e. The van der Waals surface area contributed by atoms with E-state index in [0.29, 0.717) is 5.75 Å². The van der Waals surface area contributed by atoms with E-state index >= 15 is 0 Å². The van der Waals surface area contributed by atoms with Crippen LogP contribution < -0.4 is 4.23 Å². The Hall–Kier alpha value is -2.05. The molecule has 0 amide bonds. The number of rotatable bonds is 4. The van der Waals surface area contributed by atoms with Crippen LogP contribution in [0.1, 0.15) is 0 Å². The van der Waals surface area contributed by atoms with Crippen molar-refractivity contribution in [2.24, 2.45) is 0 Å². The van der Waals surface area contributed by atoms with E-state index < -0.39 is 16.5 Å².